The van der Waals surface area contributed by atoms with E-state index < -0.39 is 0 Å². The molecule has 1 aliphatic rings. The van der Waals surface area contributed by atoms with Crippen LogP contribution in [0.5, 0.6) is 0 Å². The Bertz CT molecular complexity index is 683. The van der Waals surface area contributed by atoms with E-state index in [1.807, 2.05) is 25.1 Å². The Labute approximate surface area is 142 Å². The minimum Gasteiger partial charge on any atom is -0.370 e. The second-order valence-corrected chi connectivity index (χ2v) is 6.25. The third-order valence-electron chi connectivity index (χ3n) is 4.29. The predicted molar refractivity (Wildman–Crippen MR) is 95.1 cm³/mol. The second-order valence-electron chi connectivity index (χ2n) is 6.25. The van der Waals surface area contributed by atoms with E-state index in [2.05, 4.69) is 32.1 Å². The normalized spacial score (nSPS) is 15.5. The first kappa shape index (κ1) is 16.6. The Hall–Kier alpha value is -2.21. The number of rotatable bonds is 5. The van der Waals surface area contributed by atoms with Gasteiger partial charge >= 0.3 is 0 Å². The molecule has 1 aromatic carbocycles. The lowest BCUT2D eigenvalue weighted by Gasteiger charge is -2.32. The monoisotopic (exact) mass is 329 g/mol. The molecule has 1 N–H and O–H groups in total. The Morgan fingerprint density at radius 1 is 1.12 bits per heavy atom. The predicted octanol–water partition coefficient (Wildman–Crippen LogP) is 2.33. The van der Waals surface area contributed by atoms with Gasteiger partial charge in [0.25, 0.3) is 0 Å². The SMILES string of the molecule is Cc1cc(NCCc2ccccc2F)nc(N2CCN(C)CC2)n1. The summed E-state index contributed by atoms with van der Waals surface area (Å²) >= 11 is 0. The minimum absolute atomic E-state index is 0.156. The van der Waals surface area contributed by atoms with Crippen molar-refractivity contribution in [1.29, 1.82) is 0 Å². The first-order chi connectivity index (χ1) is 11.6. The lowest BCUT2D eigenvalue weighted by atomic mass is 10.1. The van der Waals surface area contributed by atoms with Crippen LogP contribution in [0.2, 0.25) is 0 Å². The number of halogens is 1. The number of hydrogen-bond acceptors (Lipinski definition) is 5. The maximum absolute atomic E-state index is 13.7. The number of nitrogens with one attached hydrogen (secondary N) is 1. The van der Waals surface area contributed by atoms with Crippen LogP contribution in [-0.2, 0) is 6.42 Å². The maximum atomic E-state index is 13.7. The molecule has 0 amide bonds. The van der Waals surface area contributed by atoms with Gasteiger partial charge in [-0.2, -0.15) is 4.98 Å². The molecule has 0 atom stereocenters. The zero-order valence-corrected chi connectivity index (χ0v) is 14.3. The Balaban J connectivity index is 1.62. The highest BCUT2D eigenvalue weighted by Gasteiger charge is 2.17. The third-order valence-corrected chi connectivity index (χ3v) is 4.29. The summed E-state index contributed by atoms with van der Waals surface area (Å²) < 4.78 is 13.7. The molecule has 1 saturated heterocycles. The van der Waals surface area contributed by atoms with Crippen LogP contribution in [0.4, 0.5) is 16.2 Å². The van der Waals surface area contributed by atoms with Crippen LogP contribution >= 0.6 is 0 Å². The summed E-state index contributed by atoms with van der Waals surface area (Å²) in [6.07, 6.45) is 0.625. The average molecular weight is 329 g/mol. The van der Waals surface area contributed by atoms with Crippen molar-refractivity contribution in [3.8, 4) is 0 Å². The van der Waals surface area contributed by atoms with Crippen molar-refractivity contribution in [3.05, 3.63) is 47.4 Å². The van der Waals surface area contributed by atoms with E-state index in [-0.39, 0.29) is 5.82 Å². The van der Waals surface area contributed by atoms with E-state index in [0.717, 1.165) is 49.2 Å². The van der Waals surface area contributed by atoms with Crippen molar-refractivity contribution in [2.45, 2.75) is 13.3 Å². The second kappa shape index (κ2) is 7.57. The molecule has 3 rings (SSSR count). The number of piperazine rings is 1. The van der Waals surface area contributed by atoms with E-state index in [0.29, 0.717) is 13.0 Å². The van der Waals surface area contributed by atoms with Crippen molar-refractivity contribution in [1.82, 2.24) is 14.9 Å². The van der Waals surface area contributed by atoms with Gasteiger partial charge in [-0.15, -0.1) is 0 Å². The van der Waals surface area contributed by atoms with Crippen molar-refractivity contribution in [2.24, 2.45) is 0 Å². The highest BCUT2D eigenvalue weighted by molar-refractivity contribution is 5.44. The Morgan fingerprint density at radius 2 is 1.88 bits per heavy atom. The highest BCUT2D eigenvalue weighted by atomic mass is 19.1. The van der Waals surface area contributed by atoms with Gasteiger partial charge in [-0.05, 0) is 32.0 Å². The Kier molecular flexibility index (Phi) is 5.25. The lowest BCUT2D eigenvalue weighted by Crippen LogP contribution is -2.45. The fourth-order valence-corrected chi connectivity index (χ4v) is 2.82. The quantitative estimate of drug-likeness (QED) is 0.912. The van der Waals surface area contributed by atoms with Crippen LogP contribution in [-0.4, -0.2) is 54.6 Å². The molecule has 1 fully saturated rings. The van der Waals surface area contributed by atoms with Gasteiger partial charge in [0.2, 0.25) is 5.95 Å². The first-order valence-corrected chi connectivity index (χ1v) is 8.38. The molecule has 0 radical (unpaired) electrons. The topological polar surface area (TPSA) is 44.3 Å². The van der Waals surface area contributed by atoms with Crippen LogP contribution < -0.4 is 10.2 Å². The largest absolute Gasteiger partial charge is 0.370 e. The highest BCUT2D eigenvalue weighted by Crippen LogP contribution is 2.16. The van der Waals surface area contributed by atoms with E-state index in [4.69, 9.17) is 0 Å². The van der Waals surface area contributed by atoms with Gasteiger partial charge in [0.05, 0.1) is 0 Å². The molecule has 6 heteroatoms. The van der Waals surface area contributed by atoms with Gasteiger partial charge in [0.15, 0.2) is 0 Å². The van der Waals surface area contributed by atoms with Gasteiger partial charge in [-0.1, -0.05) is 18.2 Å². The standard InChI is InChI=1S/C18H24FN5/c1-14-13-17(20-8-7-15-5-3-4-6-16(15)19)22-18(21-14)24-11-9-23(2)10-12-24/h3-6,13H,7-12H2,1-2H3,(H,20,21,22). The van der Waals surface area contributed by atoms with Crippen molar-refractivity contribution in [3.63, 3.8) is 0 Å². The molecule has 1 aromatic heterocycles. The van der Waals surface area contributed by atoms with Crippen molar-refractivity contribution < 1.29 is 4.39 Å². The summed E-state index contributed by atoms with van der Waals surface area (Å²) in [5, 5.41) is 3.29. The van der Waals surface area contributed by atoms with Crippen LogP contribution in [0.25, 0.3) is 0 Å². The van der Waals surface area contributed by atoms with E-state index in [1.54, 1.807) is 6.07 Å². The Morgan fingerprint density at radius 3 is 2.62 bits per heavy atom. The zero-order valence-electron chi connectivity index (χ0n) is 14.3. The number of anilines is 2. The minimum atomic E-state index is -0.156. The number of hydrogen-bond donors (Lipinski definition) is 1. The number of likely N-dealkylation sites (N-methyl/N-ethyl adjacent to an activating group) is 1. The third kappa shape index (κ3) is 4.20. The smallest absolute Gasteiger partial charge is 0.227 e. The molecule has 0 bridgehead atoms. The van der Waals surface area contributed by atoms with Crippen molar-refractivity contribution in [2.75, 3.05) is 50.0 Å². The molecular weight excluding hydrogens is 305 g/mol. The number of aromatic nitrogens is 2. The molecule has 5 nitrogen and oxygen atoms in total. The first-order valence-electron chi connectivity index (χ1n) is 8.38. The molecule has 0 saturated carbocycles. The summed E-state index contributed by atoms with van der Waals surface area (Å²) in [7, 11) is 2.13. The summed E-state index contributed by atoms with van der Waals surface area (Å²) in [4.78, 5) is 13.7. The summed E-state index contributed by atoms with van der Waals surface area (Å²) in [5.41, 5.74) is 1.65. The molecule has 0 aliphatic carbocycles. The zero-order chi connectivity index (χ0) is 16.9. The van der Waals surface area contributed by atoms with E-state index in [9.17, 15) is 4.39 Å². The molecular formula is C18H24FN5. The van der Waals surface area contributed by atoms with Crippen LogP contribution in [0.1, 0.15) is 11.3 Å². The van der Waals surface area contributed by atoms with E-state index in [1.165, 1.54) is 6.07 Å². The molecule has 1 aliphatic heterocycles. The fraction of sp³-hybridized carbons (Fsp3) is 0.444. The van der Waals surface area contributed by atoms with Crippen LogP contribution in [0, 0.1) is 12.7 Å². The molecule has 0 spiro atoms. The van der Waals surface area contributed by atoms with Gasteiger partial charge in [0.1, 0.15) is 11.6 Å². The van der Waals surface area contributed by atoms with Gasteiger partial charge in [0, 0.05) is 44.5 Å². The summed E-state index contributed by atoms with van der Waals surface area (Å²) in [5.74, 6) is 1.42. The molecule has 0 unspecified atom stereocenters. The molecule has 24 heavy (non-hydrogen) atoms. The number of nitrogens with zero attached hydrogens (tertiary/aromatic N) is 4. The van der Waals surface area contributed by atoms with Gasteiger partial charge in [-0.3, -0.25) is 0 Å². The number of benzene rings is 1. The van der Waals surface area contributed by atoms with Gasteiger partial charge in [-0.25, -0.2) is 9.37 Å². The van der Waals surface area contributed by atoms with Crippen LogP contribution in [0.15, 0.2) is 30.3 Å². The maximum Gasteiger partial charge on any atom is 0.227 e. The summed E-state index contributed by atoms with van der Waals surface area (Å²) in [6, 6.07) is 8.82. The molecule has 128 valence electrons. The molecule has 2 aromatic rings. The fourth-order valence-electron chi connectivity index (χ4n) is 2.82. The average Bonchev–Trinajstić information content (AvgIpc) is 2.57. The summed E-state index contributed by atoms with van der Waals surface area (Å²) in [6.45, 7) is 6.53. The van der Waals surface area contributed by atoms with Crippen molar-refractivity contribution >= 4 is 11.8 Å². The van der Waals surface area contributed by atoms with Crippen LogP contribution in [0.3, 0.4) is 0 Å². The number of aryl methyl sites for hydroxylation is 1. The lowest BCUT2D eigenvalue weighted by molar-refractivity contribution is 0.311. The van der Waals surface area contributed by atoms with Gasteiger partial charge < -0.3 is 15.1 Å². The molecule has 2 heterocycles. The van der Waals surface area contributed by atoms with E-state index >= 15 is 0 Å².